The van der Waals surface area contributed by atoms with Gasteiger partial charge in [0, 0.05) is 25.9 Å². The fourth-order valence-electron chi connectivity index (χ4n) is 4.70. The van der Waals surface area contributed by atoms with Crippen LogP contribution in [0.25, 0.3) is 0 Å². The molecular formula is C32H58N8O12. The van der Waals surface area contributed by atoms with Crippen LogP contribution in [0.4, 0.5) is 0 Å². The fraction of sp³-hybridized carbons (Fsp3) is 0.750. The summed E-state index contributed by atoms with van der Waals surface area (Å²) in [7, 11) is 0. The molecule has 0 aliphatic heterocycles. The molecule has 0 aliphatic rings. The summed E-state index contributed by atoms with van der Waals surface area (Å²) >= 11 is 0. The van der Waals surface area contributed by atoms with Crippen LogP contribution < -0.4 is 43.4 Å². The molecule has 0 spiro atoms. The van der Waals surface area contributed by atoms with Gasteiger partial charge in [0.2, 0.25) is 35.4 Å². The molecule has 0 saturated heterocycles. The molecule has 0 fully saturated rings. The number of nitrogens with one attached hydrogen (secondary N) is 6. The second-order valence-corrected chi connectivity index (χ2v) is 12.1. The van der Waals surface area contributed by atoms with Gasteiger partial charge in [-0.15, -0.1) is 0 Å². The molecule has 52 heavy (non-hydrogen) atoms. The standard InChI is InChI=1S/C32H58N8O12/c33-15-5-3-9-21(39-31(51)23(19-41)37-25(43)11-13-27(45)46)29(49)35-17-7-1-2-8-18-36-30(50)22(10-4-6-16-34)40-32(52)24(20-42)38-26(44)12-14-28(47)48/h21-24,41-42H,1-20,33-34H2,(H,35,49)(H,36,50)(H,37,43)(H,38,44)(H,39,51)(H,40,52)(H,45,46)(H,47,48)/t21-,22-,23-,24-/m0/s1. The maximum atomic E-state index is 12.9. The van der Waals surface area contributed by atoms with E-state index in [2.05, 4.69) is 31.9 Å². The van der Waals surface area contributed by atoms with Gasteiger partial charge in [0.05, 0.1) is 26.1 Å². The van der Waals surface area contributed by atoms with Gasteiger partial charge in [0.25, 0.3) is 0 Å². The largest absolute Gasteiger partial charge is 0.481 e. The van der Waals surface area contributed by atoms with E-state index >= 15 is 0 Å². The van der Waals surface area contributed by atoms with Crippen molar-refractivity contribution in [1.82, 2.24) is 31.9 Å². The molecule has 0 aliphatic carbocycles. The Morgan fingerprint density at radius 1 is 0.442 bits per heavy atom. The number of hydrogen-bond acceptors (Lipinski definition) is 12. The average Bonchev–Trinajstić information content (AvgIpc) is 3.10. The van der Waals surface area contributed by atoms with Gasteiger partial charge in [-0.05, 0) is 64.5 Å². The lowest BCUT2D eigenvalue weighted by Crippen LogP contribution is -2.55. The summed E-state index contributed by atoms with van der Waals surface area (Å²) in [6.45, 7) is -0.171. The second kappa shape index (κ2) is 29.2. The topological polar surface area (TPSA) is 342 Å². The number of aliphatic hydroxyl groups excluding tert-OH is 2. The Morgan fingerprint density at radius 3 is 1.12 bits per heavy atom. The molecule has 4 atom stereocenters. The van der Waals surface area contributed by atoms with E-state index < -0.39 is 97.6 Å². The van der Waals surface area contributed by atoms with Gasteiger partial charge in [-0.25, -0.2) is 0 Å². The number of unbranched alkanes of at least 4 members (excludes halogenated alkanes) is 5. The van der Waals surface area contributed by atoms with Crippen molar-refractivity contribution < 1.29 is 58.8 Å². The van der Waals surface area contributed by atoms with Gasteiger partial charge in [-0.3, -0.25) is 38.4 Å². The first-order chi connectivity index (χ1) is 24.8. The van der Waals surface area contributed by atoms with Gasteiger partial charge < -0.3 is 63.8 Å². The number of aliphatic carboxylic acids is 2. The summed E-state index contributed by atoms with van der Waals surface area (Å²) in [6, 6.07) is -4.66. The lowest BCUT2D eigenvalue weighted by atomic mass is 10.1. The molecule has 0 unspecified atom stereocenters. The van der Waals surface area contributed by atoms with Crippen LogP contribution in [0.1, 0.15) is 89.9 Å². The normalized spacial score (nSPS) is 13.1. The van der Waals surface area contributed by atoms with Crippen LogP contribution in [0, 0.1) is 0 Å². The molecule has 0 aromatic heterocycles. The summed E-state index contributed by atoms with van der Waals surface area (Å²) < 4.78 is 0. The second-order valence-electron chi connectivity index (χ2n) is 12.1. The maximum absolute atomic E-state index is 12.9. The molecule has 0 aromatic carbocycles. The summed E-state index contributed by atoms with van der Waals surface area (Å²) in [4.78, 5) is 96.4. The highest BCUT2D eigenvalue weighted by Crippen LogP contribution is 2.05. The van der Waals surface area contributed by atoms with Gasteiger partial charge >= 0.3 is 11.9 Å². The van der Waals surface area contributed by atoms with E-state index in [0.29, 0.717) is 64.5 Å². The van der Waals surface area contributed by atoms with Crippen LogP contribution in [-0.2, 0) is 38.4 Å². The Labute approximate surface area is 303 Å². The number of carbonyl (C=O) groups excluding carboxylic acids is 6. The van der Waals surface area contributed by atoms with E-state index in [9.17, 15) is 48.6 Å². The number of carbonyl (C=O) groups is 8. The summed E-state index contributed by atoms with van der Waals surface area (Å²) in [5, 5.41) is 51.7. The molecule has 0 heterocycles. The molecule has 14 N–H and O–H groups in total. The number of aliphatic hydroxyl groups is 2. The molecule has 0 bridgehead atoms. The van der Waals surface area contributed by atoms with E-state index in [0.717, 1.165) is 0 Å². The van der Waals surface area contributed by atoms with Crippen molar-refractivity contribution in [2.45, 2.75) is 114 Å². The van der Waals surface area contributed by atoms with Crippen molar-refractivity contribution >= 4 is 47.4 Å². The highest BCUT2D eigenvalue weighted by atomic mass is 16.4. The summed E-state index contributed by atoms with van der Waals surface area (Å²) in [5.74, 6) is -6.37. The monoisotopic (exact) mass is 746 g/mol. The molecule has 20 heteroatoms. The van der Waals surface area contributed by atoms with Crippen molar-refractivity contribution in [3.63, 3.8) is 0 Å². The Hall–Kier alpha value is -4.40. The van der Waals surface area contributed by atoms with Gasteiger partial charge in [0.1, 0.15) is 24.2 Å². The minimum atomic E-state index is -1.37. The van der Waals surface area contributed by atoms with Crippen molar-refractivity contribution in [3.8, 4) is 0 Å². The summed E-state index contributed by atoms with van der Waals surface area (Å²) in [5.41, 5.74) is 11.1. The zero-order valence-corrected chi connectivity index (χ0v) is 29.7. The van der Waals surface area contributed by atoms with Gasteiger partial charge in [-0.1, -0.05) is 12.8 Å². The molecule has 0 rings (SSSR count). The first-order valence-electron chi connectivity index (χ1n) is 17.6. The van der Waals surface area contributed by atoms with E-state index in [4.69, 9.17) is 21.7 Å². The molecule has 0 aromatic rings. The highest BCUT2D eigenvalue weighted by molar-refractivity contribution is 5.93. The van der Waals surface area contributed by atoms with E-state index in [1.165, 1.54) is 0 Å². The lowest BCUT2D eigenvalue weighted by Gasteiger charge is -2.22. The third-order valence-electron chi connectivity index (χ3n) is 7.66. The van der Waals surface area contributed by atoms with Crippen molar-refractivity contribution in [2.75, 3.05) is 39.4 Å². The van der Waals surface area contributed by atoms with Crippen LogP contribution in [0.2, 0.25) is 0 Å². The minimum Gasteiger partial charge on any atom is -0.481 e. The molecule has 0 radical (unpaired) electrons. The molecule has 6 amide bonds. The Bertz CT molecular complexity index is 1060. The van der Waals surface area contributed by atoms with Crippen LogP contribution in [0.15, 0.2) is 0 Å². The highest BCUT2D eigenvalue weighted by Gasteiger charge is 2.27. The number of carboxylic acids is 2. The van der Waals surface area contributed by atoms with E-state index in [1.807, 2.05) is 0 Å². The lowest BCUT2D eigenvalue weighted by molar-refractivity contribution is -0.139. The number of nitrogens with two attached hydrogens (primary N) is 2. The van der Waals surface area contributed by atoms with E-state index in [-0.39, 0.29) is 38.8 Å². The number of hydrogen-bond donors (Lipinski definition) is 12. The predicted molar refractivity (Wildman–Crippen MR) is 186 cm³/mol. The zero-order chi connectivity index (χ0) is 39.3. The first kappa shape index (κ1) is 47.6. The summed E-state index contributed by atoms with van der Waals surface area (Å²) in [6.07, 6.45) is 3.66. The predicted octanol–water partition coefficient (Wildman–Crippen LogP) is -3.31. The first-order valence-corrected chi connectivity index (χ1v) is 17.6. The Kier molecular flexibility index (Phi) is 26.7. The van der Waals surface area contributed by atoms with Crippen molar-refractivity contribution in [1.29, 1.82) is 0 Å². The SMILES string of the molecule is NCCCC[C@H](NC(=O)[C@H](CO)NC(=O)CCC(=O)O)C(=O)NCCCCCCNC(=O)[C@H](CCCCN)NC(=O)[C@H](CO)NC(=O)CCC(=O)O. The molecular weight excluding hydrogens is 688 g/mol. The van der Waals surface area contributed by atoms with Crippen LogP contribution in [-0.4, -0.2) is 131 Å². The van der Waals surface area contributed by atoms with Crippen LogP contribution >= 0.6 is 0 Å². The third kappa shape index (κ3) is 23.1. The third-order valence-corrected chi connectivity index (χ3v) is 7.66. The maximum Gasteiger partial charge on any atom is 0.303 e. The smallest absolute Gasteiger partial charge is 0.303 e. The molecule has 20 nitrogen and oxygen atoms in total. The average molecular weight is 747 g/mol. The quantitative estimate of drug-likeness (QED) is 0.0309. The Balaban J connectivity index is 4.82. The number of carboxylic acid groups (broad SMARTS) is 2. The minimum absolute atomic E-state index is 0.259. The van der Waals surface area contributed by atoms with Crippen molar-refractivity contribution in [2.24, 2.45) is 11.5 Å². The van der Waals surface area contributed by atoms with E-state index in [1.54, 1.807) is 0 Å². The molecule has 0 saturated carbocycles. The van der Waals surface area contributed by atoms with Crippen molar-refractivity contribution in [3.05, 3.63) is 0 Å². The molecule has 298 valence electrons. The van der Waals surface area contributed by atoms with Crippen LogP contribution in [0.5, 0.6) is 0 Å². The van der Waals surface area contributed by atoms with Crippen LogP contribution in [0.3, 0.4) is 0 Å². The number of amides is 6. The van der Waals surface area contributed by atoms with Gasteiger partial charge in [0.15, 0.2) is 0 Å². The number of rotatable bonds is 31. The van der Waals surface area contributed by atoms with Gasteiger partial charge in [-0.2, -0.15) is 0 Å². The fourth-order valence-corrected chi connectivity index (χ4v) is 4.70. The Morgan fingerprint density at radius 2 is 0.808 bits per heavy atom. The zero-order valence-electron chi connectivity index (χ0n) is 29.7.